The molecule has 7 heteroatoms. The van der Waals surface area contributed by atoms with E-state index in [9.17, 15) is 14.0 Å². The summed E-state index contributed by atoms with van der Waals surface area (Å²) in [7, 11) is 0. The Morgan fingerprint density at radius 1 is 1.21 bits per heavy atom. The molecule has 0 aliphatic carbocycles. The van der Waals surface area contributed by atoms with Crippen LogP contribution in [0.5, 0.6) is 0 Å². The number of hydrogen-bond donors (Lipinski definition) is 1. The van der Waals surface area contributed by atoms with Crippen molar-refractivity contribution in [3.05, 3.63) is 72.0 Å². The van der Waals surface area contributed by atoms with Crippen molar-refractivity contribution in [3.8, 4) is 11.3 Å². The third-order valence-corrected chi connectivity index (χ3v) is 4.27. The lowest BCUT2D eigenvalue weighted by molar-refractivity contribution is -0.153. The van der Waals surface area contributed by atoms with Crippen LogP contribution in [0.25, 0.3) is 11.3 Å². The molecule has 0 aliphatic rings. The molecule has 3 rings (SSSR count). The van der Waals surface area contributed by atoms with Crippen molar-refractivity contribution in [1.82, 2.24) is 4.98 Å². The molecule has 150 valence electrons. The van der Waals surface area contributed by atoms with Gasteiger partial charge in [-0.3, -0.25) is 9.59 Å². The van der Waals surface area contributed by atoms with Crippen molar-refractivity contribution in [3.63, 3.8) is 0 Å². The standard InChI is InChI=1S/C22H21FN2O4/c1-14-8-9-17(12-18(14)23)25-22(27)15(2)28-21(26)11-10-20-24-13-19(29-20)16-6-4-3-5-7-16/h3-9,12-13,15H,10-11H2,1-2H3,(H,25,27). The Labute approximate surface area is 167 Å². The molecule has 2 aromatic carbocycles. The van der Waals surface area contributed by atoms with Crippen LogP contribution in [-0.4, -0.2) is 23.0 Å². The van der Waals surface area contributed by atoms with E-state index in [0.717, 1.165) is 5.56 Å². The highest BCUT2D eigenvalue weighted by Gasteiger charge is 2.19. The lowest BCUT2D eigenvalue weighted by Gasteiger charge is -2.13. The molecular formula is C22H21FN2O4. The minimum absolute atomic E-state index is 0.0194. The van der Waals surface area contributed by atoms with Crippen molar-refractivity contribution in [2.45, 2.75) is 32.8 Å². The SMILES string of the molecule is Cc1ccc(NC(=O)C(C)OC(=O)CCc2ncc(-c3ccccc3)o2)cc1F. The number of hydrogen-bond acceptors (Lipinski definition) is 5. The number of carbonyl (C=O) groups excluding carboxylic acids is 2. The van der Waals surface area contributed by atoms with E-state index >= 15 is 0 Å². The van der Waals surface area contributed by atoms with E-state index in [1.165, 1.54) is 13.0 Å². The molecule has 29 heavy (non-hydrogen) atoms. The lowest BCUT2D eigenvalue weighted by atomic mass is 10.2. The van der Waals surface area contributed by atoms with Gasteiger partial charge in [0, 0.05) is 17.7 Å². The summed E-state index contributed by atoms with van der Waals surface area (Å²) in [5.74, 6) is -0.486. The number of anilines is 1. The van der Waals surface area contributed by atoms with Gasteiger partial charge in [-0.2, -0.15) is 0 Å². The van der Waals surface area contributed by atoms with E-state index in [4.69, 9.17) is 9.15 Å². The predicted octanol–water partition coefficient (Wildman–Crippen LogP) is 4.29. The van der Waals surface area contributed by atoms with Gasteiger partial charge in [0.05, 0.1) is 12.6 Å². The highest BCUT2D eigenvalue weighted by atomic mass is 19.1. The number of nitrogens with zero attached hydrogens (tertiary/aromatic N) is 1. The Morgan fingerprint density at radius 3 is 2.69 bits per heavy atom. The van der Waals surface area contributed by atoms with Gasteiger partial charge in [0.2, 0.25) is 0 Å². The van der Waals surface area contributed by atoms with E-state index < -0.39 is 23.8 Å². The quantitative estimate of drug-likeness (QED) is 0.603. The summed E-state index contributed by atoms with van der Waals surface area (Å²) in [6.45, 7) is 3.08. The zero-order valence-corrected chi connectivity index (χ0v) is 16.1. The average Bonchev–Trinajstić information content (AvgIpc) is 3.19. The second-order valence-electron chi connectivity index (χ2n) is 6.57. The first-order valence-corrected chi connectivity index (χ1v) is 9.19. The highest BCUT2D eigenvalue weighted by Crippen LogP contribution is 2.20. The third kappa shape index (κ3) is 5.51. The minimum Gasteiger partial charge on any atom is -0.453 e. The number of ether oxygens (including phenoxy) is 1. The molecule has 1 atom stereocenters. The number of nitrogens with one attached hydrogen (secondary N) is 1. The number of amides is 1. The van der Waals surface area contributed by atoms with Gasteiger partial charge in [0.1, 0.15) is 5.82 Å². The molecule has 6 nitrogen and oxygen atoms in total. The van der Waals surface area contributed by atoms with Crippen molar-refractivity contribution in [1.29, 1.82) is 0 Å². The number of aromatic nitrogens is 1. The summed E-state index contributed by atoms with van der Waals surface area (Å²) < 4.78 is 24.3. The maximum absolute atomic E-state index is 13.6. The van der Waals surface area contributed by atoms with Crippen molar-refractivity contribution < 1.29 is 23.1 Å². The van der Waals surface area contributed by atoms with Gasteiger partial charge in [0.15, 0.2) is 17.8 Å². The summed E-state index contributed by atoms with van der Waals surface area (Å²) in [5, 5.41) is 2.52. The van der Waals surface area contributed by atoms with Crippen LogP contribution in [0.3, 0.4) is 0 Å². The third-order valence-electron chi connectivity index (χ3n) is 4.27. The molecule has 0 saturated heterocycles. The first-order valence-electron chi connectivity index (χ1n) is 9.19. The van der Waals surface area contributed by atoms with Crippen LogP contribution in [0.15, 0.2) is 59.1 Å². The molecule has 0 saturated carbocycles. The Balaban J connectivity index is 1.48. The Morgan fingerprint density at radius 2 is 1.97 bits per heavy atom. The van der Waals surface area contributed by atoms with Crippen LogP contribution < -0.4 is 5.32 Å². The van der Waals surface area contributed by atoms with Crippen LogP contribution in [0.1, 0.15) is 24.8 Å². The van der Waals surface area contributed by atoms with Gasteiger partial charge in [-0.05, 0) is 31.5 Å². The molecule has 0 fully saturated rings. The Hall–Kier alpha value is -3.48. The molecule has 1 N–H and O–H groups in total. The average molecular weight is 396 g/mol. The fourth-order valence-electron chi connectivity index (χ4n) is 2.59. The van der Waals surface area contributed by atoms with Crippen LogP contribution in [0.4, 0.5) is 10.1 Å². The van der Waals surface area contributed by atoms with Gasteiger partial charge in [0.25, 0.3) is 5.91 Å². The first kappa shape index (κ1) is 20.3. The maximum Gasteiger partial charge on any atom is 0.307 e. The normalized spacial score (nSPS) is 11.7. The second-order valence-corrected chi connectivity index (χ2v) is 6.57. The summed E-state index contributed by atoms with van der Waals surface area (Å²) in [4.78, 5) is 28.3. The number of carbonyl (C=O) groups is 2. The van der Waals surface area contributed by atoms with Crippen LogP contribution in [-0.2, 0) is 20.7 Å². The van der Waals surface area contributed by atoms with Crippen LogP contribution in [0.2, 0.25) is 0 Å². The number of aryl methyl sites for hydroxylation is 2. The molecule has 1 amide bonds. The fourth-order valence-corrected chi connectivity index (χ4v) is 2.59. The summed E-state index contributed by atoms with van der Waals surface area (Å²) >= 11 is 0. The molecule has 3 aromatic rings. The monoisotopic (exact) mass is 396 g/mol. The minimum atomic E-state index is -1.02. The fraction of sp³-hybridized carbons (Fsp3) is 0.227. The maximum atomic E-state index is 13.6. The molecule has 0 bridgehead atoms. The van der Waals surface area contributed by atoms with E-state index in [1.807, 2.05) is 30.3 Å². The van der Waals surface area contributed by atoms with Gasteiger partial charge >= 0.3 is 5.97 Å². The first-order chi connectivity index (χ1) is 13.9. The van der Waals surface area contributed by atoms with Crippen molar-refractivity contribution in [2.24, 2.45) is 0 Å². The smallest absolute Gasteiger partial charge is 0.307 e. The zero-order chi connectivity index (χ0) is 20.8. The topological polar surface area (TPSA) is 81.4 Å². The van der Waals surface area contributed by atoms with Gasteiger partial charge in [-0.25, -0.2) is 9.37 Å². The largest absolute Gasteiger partial charge is 0.453 e. The number of rotatable bonds is 7. The van der Waals surface area contributed by atoms with Crippen molar-refractivity contribution in [2.75, 3.05) is 5.32 Å². The zero-order valence-electron chi connectivity index (χ0n) is 16.1. The van der Waals surface area contributed by atoms with Crippen molar-refractivity contribution >= 4 is 17.6 Å². The molecule has 1 aromatic heterocycles. The van der Waals surface area contributed by atoms with Gasteiger partial charge < -0.3 is 14.5 Å². The number of benzene rings is 2. The highest BCUT2D eigenvalue weighted by molar-refractivity contribution is 5.95. The van der Waals surface area contributed by atoms with E-state index in [-0.39, 0.29) is 12.8 Å². The Kier molecular flexibility index (Phi) is 6.39. The molecule has 0 spiro atoms. The number of esters is 1. The van der Waals surface area contributed by atoms with E-state index in [0.29, 0.717) is 22.9 Å². The summed E-state index contributed by atoms with van der Waals surface area (Å²) in [6, 6.07) is 13.9. The molecule has 1 heterocycles. The van der Waals surface area contributed by atoms with Gasteiger partial charge in [-0.1, -0.05) is 36.4 Å². The summed E-state index contributed by atoms with van der Waals surface area (Å²) in [5.41, 5.74) is 1.67. The molecular weight excluding hydrogens is 375 g/mol. The number of oxazole rings is 1. The molecule has 0 radical (unpaired) electrons. The predicted molar refractivity (Wildman–Crippen MR) is 106 cm³/mol. The van der Waals surface area contributed by atoms with E-state index in [2.05, 4.69) is 10.3 Å². The second kappa shape index (κ2) is 9.14. The molecule has 1 unspecified atom stereocenters. The number of halogens is 1. The van der Waals surface area contributed by atoms with Gasteiger partial charge in [-0.15, -0.1) is 0 Å². The summed E-state index contributed by atoms with van der Waals surface area (Å²) in [6.07, 6.45) is 0.859. The molecule has 0 aliphatic heterocycles. The Bertz CT molecular complexity index is 1000. The van der Waals surface area contributed by atoms with E-state index in [1.54, 1.807) is 25.3 Å². The van der Waals surface area contributed by atoms with Crippen LogP contribution in [0, 0.1) is 12.7 Å². The van der Waals surface area contributed by atoms with Crippen LogP contribution >= 0.6 is 0 Å². The lowest BCUT2D eigenvalue weighted by Crippen LogP contribution is -2.30.